The van der Waals surface area contributed by atoms with Crippen LogP contribution in [-0.2, 0) is 4.74 Å². The molecule has 3 aliphatic rings. The highest BCUT2D eigenvalue weighted by Gasteiger charge is 2.32. The number of ether oxygens (including phenoxy) is 1. The Labute approximate surface area is 213 Å². The fraction of sp³-hybridized carbons (Fsp3) is 0.385. The largest absolute Gasteiger partial charge is 0.383 e. The minimum Gasteiger partial charge on any atom is -0.383 e. The number of carbonyl (C=O) groups excluding carboxylic acids is 1. The van der Waals surface area contributed by atoms with E-state index in [0.717, 1.165) is 42.2 Å². The zero-order valence-corrected chi connectivity index (χ0v) is 21.0. The first kappa shape index (κ1) is 23.1. The molecule has 0 spiro atoms. The number of piperidine rings is 1. The van der Waals surface area contributed by atoms with E-state index < -0.39 is 0 Å². The van der Waals surface area contributed by atoms with Crippen molar-refractivity contribution in [2.75, 3.05) is 45.2 Å². The normalized spacial score (nSPS) is 19.5. The number of nitrogens with zero attached hydrogens (tertiary/aromatic N) is 5. The zero-order chi connectivity index (χ0) is 24.5. The van der Waals surface area contributed by atoms with Crippen LogP contribution in [0.5, 0.6) is 0 Å². The third-order valence-corrected chi connectivity index (χ3v) is 7.82. The number of thiophene rings is 1. The Morgan fingerprint density at radius 1 is 1.22 bits per heavy atom. The number of carbonyl (C=O) groups is 1. The molecule has 9 nitrogen and oxygen atoms in total. The third-order valence-electron chi connectivity index (χ3n) is 6.93. The number of hydrogen-bond acceptors (Lipinski definition) is 8. The van der Waals surface area contributed by atoms with E-state index in [1.165, 1.54) is 6.42 Å². The summed E-state index contributed by atoms with van der Waals surface area (Å²) in [6.07, 6.45) is 5.98. The molecule has 7 heterocycles. The molecule has 186 valence electrons. The molecule has 2 bridgehead atoms. The number of fused-ring (bicyclic) bond motifs is 5. The van der Waals surface area contributed by atoms with Crippen LogP contribution in [0.15, 0.2) is 48.1 Å². The van der Waals surface area contributed by atoms with Crippen LogP contribution in [0, 0.1) is 5.92 Å². The Morgan fingerprint density at radius 2 is 2.17 bits per heavy atom. The van der Waals surface area contributed by atoms with Gasteiger partial charge in [0, 0.05) is 44.5 Å². The van der Waals surface area contributed by atoms with Crippen LogP contribution >= 0.6 is 11.3 Å². The SMILES string of the molecule is COCCNc1cc(C(=O)N2CC3CCC(C2)NC3)cc(-c2cnn3ccc(-c4cccs4)nc23)n1. The fourth-order valence-corrected chi connectivity index (χ4v) is 5.76. The molecular weight excluding hydrogens is 474 g/mol. The molecule has 0 saturated carbocycles. The average molecular weight is 504 g/mol. The van der Waals surface area contributed by atoms with Gasteiger partial charge in [-0.3, -0.25) is 4.79 Å². The predicted octanol–water partition coefficient (Wildman–Crippen LogP) is 3.40. The Morgan fingerprint density at radius 3 is 2.97 bits per heavy atom. The van der Waals surface area contributed by atoms with Gasteiger partial charge in [-0.25, -0.2) is 14.5 Å². The van der Waals surface area contributed by atoms with Crippen molar-refractivity contribution in [2.45, 2.75) is 18.9 Å². The summed E-state index contributed by atoms with van der Waals surface area (Å²) in [5, 5.41) is 13.4. The molecular formula is C26H29N7O2S. The lowest BCUT2D eigenvalue weighted by Crippen LogP contribution is -2.40. The summed E-state index contributed by atoms with van der Waals surface area (Å²) in [6.45, 7) is 3.64. The van der Waals surface area contributed by atoms with E-state index in [1.54, 1.807) is 29.2 Å². The number of pyridine rings is 1. The van der Waals surface area contributed by atoms with Crippen molar-refractivity contribution in [1.82, 2.24) is 29.8 Å². The Hall–Kier alpha value is -3.34. The summed E-state index contributed by atoms with van der Waals surface area (Å²) in [7, 11) is 1.66. The number of methoxy groups -OCH3 is 1. The van der Waals surface area contributed by atoms with Crippen molar-refractivity contribution in [3.05, 3.63) is 53.7 Å². The maximum Gasteiger partial charge on any atom is 0.254 e. The summed E-state index contributed by atoms with van der Waals surface area (Å²) in [6, 6.07) is 10.1. The molecule has 10 heteroatoms. The molecule has 2 unspecified atom stereocenters. The molecule has 0 radical (unpaired) electrons. The van der Waals surface area contributed by atoms with Crippen LogP contribution in [0.2, 0.25) is 0 Å². The van der Waals surface area contributed by atoms with Gasteiger partial charge in [0.15, 0.2) is 5.65 Å². The van der Waals surface area contributed by atoms with Gasteiger partial charge >= 0.3 is 0 Å². The van der Waals surface area contributed by atoms with Gasteiger partial charge in [0.1, 0.15) is 5.82 Å². The summed E-state index contributed by atoms with van der Waals surface area (Å²) in [5.74, 6) is 1.18. The lowest BCUT2D eigenvalue weighted by molar-refractivity contribution is 0.0748. The third kappa shape index (κ3) is 4.59. The Balaban J connectivity index is 1.39. The molecule has 2 N–H and O–H groups in total. The highest BCUT2D eigenvalue weighted by Crippen LogP contribution is 2.29. The van der Waals surface area contributed by atoms with Gasteiger partial charge in [0.2, 0.25) is 0 Å². The molecule has 3 aliphatic heterocycles. The van der Waals surface area contributed by atoms with Crippen molar-refractivity contribution >= 4 is 28.7 Å². The lowest BCUT2D eigenvalue weighted by Gasteiger charge is -2.23. The molecule has 2 atom stereocenters. The van der Waals surface area contributed by atoms with Gasteiger partial charge in [-0.15, -0.1) is 11.3 Å². The fourth-order valence-electron chi connectivity index (χ4n) is 5.06. The average Bonchev–Trinajstić information content (AvgIpc) is 3.50. The van der Waals surface area contributed by atoms with E-state index in [-0.39, 0.29) is 5.91 Å². The number of amides is 1. The first-order valence-corrected chi connectivity index (χ1v) is 13.2. The van der Waals surface area contributed by atoms with Gasteiger partial charge < -0.3 is 20.3 Å². The van der Waals surface area contributed by atoms with Crippen LogP contribution in [-0.4, -0.2) is 76.3 Å². The number of anilines is 1. The summed E-state index contributed by atoms with van der Waals surface area (Å²) >= 11 is 1.65. The van der Waals surface area contributed by atoms with Crippen LogP contribution in [0.1, 0.15) is 23.2 Å². The molecule has 4 aromatic rings. The Bertz CT molecular complexity index is 1350. The quantitative estimate of drug-likeness (QED) is 0.373. The van der Waals surface area contributed by atoms with Crippen LogP contribution in [0.3, 0.4) is 0 Å². The van der Waals surface area contributed by atoms with E-state index in [1.807, 2.05) is 40.7 Å². The maximum absolute atomic E-state index is 13.7. The number of aromatic nitrogens is 4. The van der Waals surface area contributed by atoms with Gasteiger partial charge in [-0.05, 0) is 54.9 Å². The minimum absolute atomic E-state index is 0.0396. The maximum atomic E-state index is 13.7. The van der Waals surface area contributed by atoms with E-state index in [0.29, 0.717) is 47.8 Å². The van der Waals surface area contributed by atoms with E-state index in [4.69, 9.17) is 14.7 Å². The van der Waals surface area contributed by atoms with Crippen LogP contribution in [0.25, 0.3) is 27.5 Å². The minimum atomic E-state index is 0.0396. The standard InChI is InChI=1S/C26H29N7O2S/c1-35-9-7-27-24-12-18(26(34)32-15-17-4-5-19(16-32)28-13-17)11-22(30-24)20-14-29-33-8-6-21(31-25(20)33)23-3-2-10-36-23/h2-3,6,8,10-12,14,17,19,28H,4-5,7,9,13,15-16H2,1H3,(H,27,30). The molecule has 7 rings (SSSR count). The summed E-state index contributed by atoms with van der Waals surface area (Å²) in [4.78, 5) is 26.6. The first-order valence-electron chi connectivity index (χ1n) is 12.3. The lowest BCUT2D eigenvalue weighted by atomic mass is 9.97. The van der Waals surface area contributed by atoms with Crippen LogP contribution < -0.4 is 10.6 Å². The molecule has 36 heavy (non-hydrogen) atoms. The first-order chi connectivity index (χ1) is 17.7. The highest BCUT2D eigenvalue weighted by atomic mass is 32.1. The van der Waals surface area contributed by atoms with Crippen molar-refractivity contribution < 1.29 is 9.53 Å². The molecule has 3 saturated heterocycles. The number of hydrogen-bond donors (Lipinski definition) is 2. The van der Waals surface area contributed by atoms with Crippen molar-refractivity contribution in [2.24, 2.45) is 5.92 Å². The summed E-state index contributed by atoms with van der Waals surface area (Å²) in [5.41, 5.74) is 3.67. The highest BCUT2D eigenvalue weighted by molar-refractivity contribution is 7.13. The van der Waals surface area contributed by atoms with E-state index in [2.05, 4.69) is 21.8 Å². The van der Waals surface area contributed by atoms with Gasteiger partial charge in [-0.2, -0.15) is 5.10 Å². The smallest absolute Gasteiger partial charge is 0.254 e. The molecule has 1 amide bonds. The molecule has 3 fully saturated rings. The number of nitrogens with one attached hydrogen (secondary N) is 2. The molecule has 0 aliphatic carbocycles. The van der Waals surface area contributed by atoms with Gasteiger partial charge in [0.25, 0.3) is 5.91 Å². The molecule has 4 aromatic heterocycles. The monoisotopic (exact) mass is 503 g/mol. The second-order valence-electron chi connectivity index (χ2n) is 9.42. The summed E-state index contributed by atoms with van der Waals surface area (Å²) < 4.78 is 6.94. The Kier molecular flexibility index (Phi) is 6.39. The number of rotatable bonds is 7. The zero-order valence-electron chi connectivity index (χ0n) is 20.2. The predicted molar refractivity (Wildman–Crippen MR) is 140 cm³/mol. The van der Waals surface area contributed by atoms with Gasteiger partial charge in [-0.1, -0.05) is 6.07 Å². The van der Waals surface area contributed by atoms with Crippen molar-refractivity contribution in [3.8, 4) is 21.8 Å². The second-order valence-corrected chi connectivity index (χ2v) is 10.4. The van der Waals surface area contributed by atoms with Crippen LogP contribution in [0.4, 0.5) is 5.82 Å². The second kappa shape index (κ2) is 9.96. The van der Waals surface area contributed by atoms with E-state index >= 15 is 0 Å². The topological polar surface area (TPSA) is 96.7 Å². The van der Waals surface area contributed by atoms with E-state index in [9.17, 15) is 4.79 Å². The van der Waals surface area contributed by atoms with Crippen molar-refractivity contribution in [3.63, 3.8) is 0 Å². The molecule has 0 aromatic carbocycles. The van der Waals surface area contributed by atoms with Crippen molar-refractivity contribution in [1.29, 1.82) is 0 Å². The van der Waals surface area contributed by atoms with Gasteiger partial charge in [0.05, 0.1) is 34.6 Å².